The maximum absolute atomic E-state index is 4.46. The summed E-state index contributed by atoms with van der Waals surface area (Å²) in [5, 5.41) is 0. The van der Waals surface area contributed by atoms with Crippen molar-refractivity contribution in [3.05, 3.63) is 47.7 Å². The van der Waals surface area contributed by atoms with Crippen LogP contribution in [0.15, 0.2) is 30.9 Å². The molecule has 1 aliphatic heterocycles. The summed E-state index contributed by atoms with van der Waals surface area (Å²) in [5.74, 6) is 1.03. The number of rotatable bonds is 1. The molecular weight excluding hydrogens is 212 g/mol. The lowest BCUT2D eigenvalue weighted by Crippen LogP contribution is -2.31. The molecule has 0 atom stereocenters. The summed E-state index contributed by atoms with van der Waals surface area (Å²) >= 11 is 0. The standard InChI is InChI=1S/C13H14N4/c1-10-2-3-13(15-6-10)17-5-4-12-11(8-17)7-14-9-16-12/h2-3,6-7,9H,4-5,8H2,1H3. The molecule has 0 spiro atoms. The van der Waals surface area contributed by atoms with E-state index in [1.54, 1.807) is 6.33 Å². The van der Waals surface area contributed by atoms with Gasteiger partial charge in [0.2, 0.25) is 0 Å². The lowest BCUT2D eigenvalue weighted by Gasteiger charge is -2.28. The van der Waals surface area contributed by atoms with Crippen molar-refractivity contribution in [1.82, 2.24) is 15.0 Å². The highest BCUT2D eigenvalue weighted by Crippen LogP contribution is 2.20. The van der Waals surface area contributed by atoms with E-state index in [1.807, 2.05) is 12.4 Å². The van der Waals surface area contributed by atoms with Crippen molar-refractivity contribution >= 4 is 5.82 Å². The van der Waals surface area contributed by atoms with Crippen molar-refractivity contribution in [2.45, 2.75) is 19.9 Å². The normalized spacial score (nSPS) is 14.5. The van der Waals surface area contributed by atoms with Gasteiger partial charge in [0.1, 0.15) is 12.1 Å². The summed E-state index contributed by atoms with van der Waals surface area (Å²) in [6.07, 6.45) is 6.40. The number of aromatic nitrogens is 3. The van der Waals surface area contributed by atoms with Gasteiger partial charge in [0.05, 0.1) is 5.69 Å². The van der Waals surface area contributed by atoms with E-state index in [1.165, 1.54) is 16.8 Å². The van der Waals surface area contributed by atoms with Gasteiger partial charge in [-0.15, -0.1) is 0 Å². The number of aryl methyl sites for hydroxylation is 1. The fourth-order valence-corrected chi connectivity index (χ4v) is 2.11. The summed E-state index contributed by atoms with van der Waals surface area (Å²) in [6.45, 7) is 3.88. The SMILES string of the molecule is Cc1ccc(N2CCc3ncncc3C2)nc1. The van der Waals surface area contributed by atoms with Crippen molar-refractivity contribution in [3.8, 4) is 0 Å². The summed E-state index contributed by atoms with van der Waals surface area (Å²) in [4.78, 5) is 15.1. The average Bonchev–Trinajstić information content (AvgIpc) is 2.39. The van der Waals surface area contributed by atoms with Gasteiger partial charge in [0.25, 0.3) is 0 Å². The molecule has 3 rings (SSSR count). The first-order valence-electron chi connectivity index (χ1n) is 5.78. The molecule has 2 aromatic rings. The van der Waals surface area contributed by atoms with E-state index in [-0.39, 0.29) is 0 Å². The molecule has 4 nitrogen and oxygen atoms in total. The van der Waals surface area contributed by atoms with E-state index in [0.29, 0.717) is 0 Å². The Labute approximate surface area is 100 Å². The van der Waals surface area contributed by atoms with Crippen LogP contribution in [0.3, 0.4) is 0 Å². The number of nitrogens with zero attached hydrogens (tertiary/aromatic N) is 4. The molecule has 0 saturated carbocycles. The number of hydrogen-bond acceptors (Lipinski definition) is 4. The van der Waals surface area contributed by atoms with E-state index in [4.69, 9.17) is 0 Å². The predicted octanol–water partition coefficient (Wildman–Crippen LogP) is 1.74. The Morgan fingerprint density at radius 2 is 2.12 bits per heavy atom. The number of hydrogen-bond donors (Lipinski definition) is 0. The number of pyridine rings is 1. The molecule has 0 radical (unpaired) electrons. The zero-order valence-corrected chi connectivity index (χ0v) is 9.80. The second-order valence-electron chi connectivity index (χ2n) is 4.36. The Balaban J connectivity index is 1.86. The highest BCUT2D eigenvalue weighted by molar-refractivity contribution is 5.42. The molecule has 86 valence electrons. The van der Waals surface area contributed by atoms with Crippen molar-refractivity contribution in [1.29, 1.82) is 0 Å². The van der Waals surface area contributed by atoms with Gasteiger partial charge < -0.3 is 4.90 Å². The van der Waals surface area contributed by atoms with Gasteiger partial charge in [0, 0.05) is 37.5 Å². The molecule has 0 unspecified atom stereocenters. The van der Waals surface area contributed by atoms with Crippen LogP contribution < -0.4 is 4.90 Å². The van der Waals surface area contributed by atoms with Crippen LogP contribution in [0.5, 0.6) is 0 Å². The predicted molar refractivity (Wildman–Crippen MR) is 65.8 cm³/mol. The molecule has 4 heteroatoms. The van der Waals surface area contributed by atoms with E-state index in [0.717, 1.165) is 25.3 Å². The largest absolute Gasteiger partial charge is 0.352 e. The molecule has 17 heavy (non-hydrogen) atoms. The third kappa shape index (κ3) is 1.98. The third-order valence-corrected chi connectivity index (χ3v) is 3.08. The van der Waals surface area contributed by atoms with Crippen LogP contribution in [-0.4, -0.2) is 21.5 Å². The fraction of sp³-hybridized carbons (Fsp3) is 0.308. The first kappa shape index (κ1) is 10.2. The van der Waals surface area contributed by atoms with Crippen molar-refractivity contribution in [2.24, 2.45) is 0 Å². The van der Waals surface area contributed by atoms with Crippen LogP contribution in [-0.2, 0) is 13.0 Å². The third-order valence-electron chi connectivity index (χ3n) is 3.08. The highest BCUT2D eigenvalue weighted by atomic mass is 15.2. The van der Waals surface area contributed by atoms with Crippen LogP contribution in [0.25, 0.3) is 0 Å². The van der Waals surface area contributed by atoms with Gasteiger partial charge in [-0.25, -0.2) is 15.0 Å². The molecular formula is C13H14N4. The van der Waals surface area contributed by atoms with E-state index in [2.05, 4.69) is 38.9 Å². The first-order valence-corrected chi connectivity index (χ1v) is 5.78. The van der Waals surface area contributed by atoms with Gasteiger partial charge >= 0.3 is 0 Å². The lowest BCUT2D eigenvalue weighted by molar-refractivity contribution is 0.696. The molecule has 2 aromatic heterocycles. The Kier molecular flexibility index (Phi) is 2.48. The lowest BCUT2D eigenvalue weighted by atomic mass is 10.1. The Hall–Kier alpha value is -1.97. The average molecular weight is 226 g/mol. The number of anilines is 1. The summed E-state index contributed by atoms with van der Waals surface area (Å²) < 4.78 is 0. The maximum Gasteiger partial charge on any atom is 0.128 e. The van der Waals surface area contributed by atoms with Gasteiger partial charge in [-0.1, -0.05) is 6.07 Å². The summed E-state index contributed by atoms with van der Waals surface area (Å²) in [6, 6.07) is 4.17. The minimum Gasteiger partial charge on any atom is -0.352 e. The molecule has 0 amide bonds. The smallest absolute Gasteiger partial charge is 0.128 e. The van der Waals surface area contributed by atoms with Gasteiger partial charge in [-0.05, 0) is 18.6 Å². The molecule has 0 aliphatic carbocycles. The second-order valence-corrected chi connectivity index (χ2v) is 4.36. The van der Waals surface area contributed by atoms with E-state index in [9.17, 15) is 0 Å². The monoisotopic (exact) mass is 226 g/mol. The van der Waals surface area contributed by atoms with Crippen molar-refractivity contribution < 1.29 is 0 Å². The fourth-order valence-electron chi connectivity index (χ4n) is 2.11. The molecule has 1 aliphatic rings. The molecule has 3 heterocycles. The Morgan fingerprint density at radius 3 is 2.94 bits per heavy atom. The molecule has 0 aromatic carbocycles. The molecule has 0 fully saturated rings. The highest BCUT2D eigenvalue weighted by Gasteiger charge is 2.17. The minimum absolute atomic E-state index is 0.853. The molecule has 0 bridgehead atoms. The van der Waals surface area contributed by atoms with E-state index >= 15 is 0 Å². The maximum atomic E-state index is 4.46. The Bertz CT molecular complexity index is 521. The van der Waals surface area contributed by atoms with Gasteiger partial charge in [-0.3, -0.25) is 0 Å². The zero-order chi connectivity index (χ0) is 11.7. The Morgan fingerprint density at radius 1 is 1.18 bits per heavy atom. The van der Waals surface area contributed by atoms with E-state index < -0.39 is 0 Å². The molecule has 0 saturated heterocycles. The van der Waals surface area contributed by atoms with Gasteiger partial charge in [0.15, 0.2) is 0 Å². The zero-order valence-electron chi connectivity index (χ0n) is 9.80. The summed E-state index contributed by atoms with van der Waals surface area (Å²) in [7, 11) is 0. The van der Waals surface area contributed by atoms with Crippen molar-refractivity contribution in [2.75, 3.05) is 11.4 Å². The minimum atomic E-state index is 0.853. The van der Waals surface area contributed by atoms with Crippen LogP contribution in [0.1, 0.15) is 16.8 Å². The molecule has 0 N–H and O–H groups in total. The summed E-state index contributed by atoms with van der Waals surface area (Å²) in [5.41, 5.74) is 3.57. The van der Waals surface area contributed by atoms with Crippen LogP contribution in [0.2, 0.25) is 0 Å². The van der Waals surface area contributed by atoms with Crippen LogP contribution in [0.4, 0.5) is 5.82 Å². The number of fused-ring (bicyclic) bond motifs is 1. The quantitative estimate of drug-likeness (QED) is 0.742. The topological polar surface area (TPSA) is 41.9 Å². The van der Waals surface area contributed by atoms with Crippen molar-refractivity contribution in [3.63, 3.8) is 0 Å². The van der Waals surface area contributed by atoms with Gasteiger partial charge in [-0.2, -0.15) is 0 Å². The first-order chi connectivity index (χ1) is 8.33. The van der Waals surface area contributed by atoms with Crippen LogP contribution >= 0.6 is 0 Å². The second kappa shape index (κ2) is 4.13. The van der Waals surface area contributed by atoms with Crippen LogP contribution in [0, 0.1) is 6.92 Å².